The predicted octanol–water partition coefficient (Wildman–Crippen LogP) is 1.78. The third-order valence-electron chi connectivity index (χ3n) is 2.10. The molecule has 100 valence electrons. The van der Waals surface area contributed by atoms with Crippen molar-refractivity contribution in [3.05, 3.63) is 24.0 Å². The summed E-state index contributed by atoms with van der Waals surface area (Å²) >= 11 is 0. The molecule has 0 aliphatic heterocycles. The number of carbonyl (C=O) groups is 2. The summed E-state index contributed by atoms with van der Waals surface area (Å²) in [7, 11) is 2.80. The first-order chi connectivity index (χ1) is 8.26. The van der Waals surface area contributed by atoms with Crippen molar-refractivity contribution < 1.29 is 19.1 Å². The molecule has 0 aromatic carbocycles. The summed E-state index contributed by atoms with van der Waals surface area (Å²) in [6, 6.07) is 3.21. The van der Waals surface area contributed by atoms with Crippen LogP contribution in [0.3, 0.4) is 0 Å². The van der Waals surface area contributed by atoms with Crippen LogP contribution in [0.5, 0.6) is 0 Å². The first-order valence-electron chi connectivity index (χ1n) is 5.49. The third kappa shape index (κ3) is 3.26. The molecule has 0 aliphatic carbocycles. The number of aromatic nitrogens is 1. The minimum atomic E-state index is -0.593. The van der Waals surface area contributed by atoms with Gasteiger partial charge in [0, 0.05) is 13.2 Å². The number of amides is 1. The van der Waals surface area contributed by atoms with Crippen LogP contribution in [0.2, 0.25) is 0 Å². The Morgan fingerprint density at radius 3 is 2.44 bits per heavy atom. The lowest BCUT2D eigenvalue weighted by Crippen LogP contribution is -2.41. The molecule has 0 atom stereocenters. The van der Waals surface area contributed by atoms with Crippen molar-refractivity contribution in [3.63, 3.8) is 0 Å². The Morgan fingerprint density at radius 2 is 1.94 bits per heavy atom. The highest BCUT2D eigenvalue weighted by Crippen LogP contribution is 2.11. The standard InChI is InChI=1S/C12H18N2O4/c1-12(2,3)18-11(16)13(4)14-8-6-7-9(14)10(15)17-5/h6-8H,1-5H3. The molecule has 0 bridgehead atoms. The summed E-state index contributed by atoms with van der Waals surface area (Å²) in [6.45, 7) is 5.32. The van der Waals surface area contributed by atoms with E-state index in [0.717, 1.165) is 0 Å². The number of methoxy groups -OCH3 is 1. The Balaban J connectivity index is 2.91. The van der Waals surface area contributed by atoms with Crippen molar-refractivity contribution in [2.45, 2.75) is 26.4 Å². The number of rotatable bonds is 2. The van der Waals surface area contributed by atoms with Gasteiger partial charge in [-0.25, -0.2) is 19.3 Å². The number of hydrogen-bond donors (Lipinski definition) is 0. The van der Waals surface area contributed by atoms with E-state index >= 15 is 0 Å². The second-order valence-electron chi connectivity index (χ2n) is 4.73. The molecule has 6 heteroatoms. The maximum atomic E-state index is 11.9. The third-order valence-corrected chi connectivity index (χ3v) is 2.10. The fourth-order valence-corrected chi connectivity index (χ4v) is 1.32. The van der Waals surface area contributed by atoms with Crippen molar-refractivity contribution in [1.29, 1.82) is 0 Å². The predicted molar refractivity (Wildman–Crippen MR) is 66.1 cm³/mol. The average molecular weight is 254 g/mol. The molecule has 1 amide bonds. The van der Waals surface area contributed by atoms with Gasteiger partial charge in [-0.1, -0.05) is 0 Å². The summed E-state index contributed by atoms with van der Waals surface area (Å²) in [4.78, 5) is 23.3. The molecule has 18 heavy (non-hydrogen) atoms. The van der Waals surface area contributed by atoms with Crippen LogP contribution >= 0.6 is 0 Å². The van der Waals surface area contributed by atoms with Crippen molar-refractivity contribution in [2.75, 3.05) is 19.2 Å². The van der Waals surface area contributed by atoms with Crippen molar-refractivity contribution in [1.82, 2.24) is 4.68 Å². The molecule has 0 N–H and O–H groups in total. The Hall–Kier alpha value is -1.98. The van der Waals surface area contributed by atoms with E-state index in [2.05, 4.69) is 4.74 Å². The van der Waals surface area contributed by atoms with Gasteiger partial charge in [-0.15, -0.1) is 0 Å². The zero-order valence-electron chi connectivity index (χ0n) is 11.3. The van der Waals surface area contributed by atoms with Gasteiger partial charge in [0.15, 0.2) is 0 Å². The largest absolute Gasteiger partial charge is 0.464 e. The number of hydrogen-bond acceptors (Lipinski definition) is 4. The van der Waals surface area contributed by atoms with Gasteiger partial charge >= 0.3 is 12.1 Å². The summed E-state index contributed by atoms with van der Waals surface area (Å²) < 4.78 is 11.2. The summed E-state index contributed by atoms with van der Waals surface area (Å²) in [6.07, 6.45) is 1.03. The van der Waals surface area contributed by atoms with Crippen LogP contribution in [-0.2, 0) is 9.47 Å². The molecule has 0 saturated heterocycles. The molecule has 1 aromatic heterocycles. The van der Waals surface area contributed by atoms with E-state index in [-0.39, 0.29) is 5.69 Å². The topological polar surface area (TPSA) is 60.8 Å². The van der Waals surface area contributed by atoms with Gasteiger partial charge in [-0.05, 0) is 32.9 Å². The monoisotopic (exact) mass is 254 g/mol. The van der Waals surface area contributed by atoms with Gasteiger partial charge in [0.2, 0.25) is 0 Å². The molecule has 0 aliphatic rings. The SMILES string of the molecule is COC(=O)c1cccn1N(C)C(=O)OC(C)(C)C. The molecule has 1 heterocycles. The summed E-state index contributed by atoms with van der Waals surface area (Å²) in [5.74, 6) is -0.518. The van der Waals surface area contributed by atoms with Crippen LogP contribution in [0.25, 0.3) is 0 Å². The molecule has 0 spiro atoms. The minimum Gasteiger partial charge on any atom is -0.464 e. The number of carbonyl (C=O) groups excluding carboxylic acids is 2. The molecular weight excluding hydrogens is 236 g/mol. The van der Waals surface area contributed by atoms with E-state index in [1.807, 2.05) is 0 Å². The molecular formula is C12H18N2O4. The van der Waals surface area contributed by atoms with Crippen LogP contribution in [-0.4, -0.2) is 36.5 Å². The van der Waals surface area contributed by atoms with Gasteiger partial charge in [0.25, 0.3) is 0 Å². The highest BCUT2D eigenvalue weighted by atomic mass is 16.6. The maximum Gasteiger partial charge on any atom is 0.429 e. The number of esters is 1. The maximum absolute atomic E-state index is 11.9. The Bertz CT molecular complexity index is 445. The first-order valence-corrected chi connectivity index (χ1v) is 5.49. The molecule has 0 fully saturated rings. The van der Waals surface area contributed by atoms with E-state index in [1.165, 1.54) is 23.8 Å². The zero-order chi connectivity index (χ0) is 13.9. The minimum absolute atomic E-state index is 0.255. The second-order valence-corrected chi connectivity index (χ2v) is 4.73. The van der Waals surface area contributed by atoms with Crippen molar-refractivity contribution in [3.8, 4) is 0 Å². The van der Waals surface area contributed by atoms with Gasteiger partial charge in [0.05, 0.1) is 7.11 Å². The van der Waals surface area contributed by atoms with Gasteiger partial charge < -0.3 is 9.47 Å². The Kier molecular flexibility index (Phi) is 4.00. The quantitative estimate of drug-likeness (QED) is 0.755. The lowest BCUT2D eigenvalue weighted by molar-refractivity contribution is 0.0537. The van der Waals surface area contributed by atoms with Crippen molar-refractivity contribution >= 4 is 12.1 Å². The highest BCUT2D eigenvalue weighted by molar-refractivity contribution is 5.89. The first kappa shape index (κ1) is 14.1. The van der Waals surface area contributed by atoms with E-state index in [1.54, 1.807) is 39.1 Å². The Morgan fingerprint density at radius 1 is 1.33 bits per heavy atom. The van der Waals surface area contributed by atoms with Crippen LogP contribution < -0.4 is 5.01 Å². The second kappa shape index (κ2) is 5.12. The number of nitrogens with zero attached hydrogens (tertiary/aromatic N) is 2. The van der Waals surface area contributed by atoms with E-state index < -0.39 is 17.7 Å². The van der Waals surface area contributed by atoms with Crippen LogP contribution in [0.1, 0.15) is 31.3 Å². The lowest BCUT2D eigenvalue weighted by atomic mass is 10.2. The molecule has 6 nitrogen and oxygen atoms in total. The summed E-state index contributed by atoms with van der Waals surface area (Å²) in [5.41, 5.74) is -0.338. The Labute approximate surface area is 106 Å². The van der Waals surface area contributed by atoms with E-state index in [0.29, 0.717) is 0 Å². The van der Waals surface area contributed by atoms with Gasteiger partial charge in [0.1, 0.15) is 11.3 Å². The average Bonchev–Trinajstić information content (AvgIpc) is 2.73. The fraction of sp³-hybridized carbons (Fsp3) is 0.500. The molecule has 0 saturated carbocycles. The van der Waals surface area contributed by atoms with Crippen molar-refractivity contribution in [2.24, 2.45) is 0 Å². The zero-order valence-corrected chi connectivity index (χ0v) is 11.3. The smallest absolute Gasteiger partial charge is 0.429 e. The van der Waals surface area contributed by atoms with Crippen LogP contribution in [0.15, 0.2) is 18.3 Å². The van der Waals surface area contributed by atoms with Crippen LogP contribution in [0, 0.1) is 0 Å². The van der Waals surface area contributed by atoms with Gasteiger partial charge in [-0.3, -0.25) is 0 Å². The lowest BCUT2D eigenvalue weighted by Gasteiger charge is -2.26. The molecule has 1 aromatic rings. The van der Waals surface area contributed by atoms with Gasteiger partial charge in [-0.2, -0.15) is 0 Å². The molecule has 1 rings (SSSR count). The van der Waals surface area contributed by atoms with E-state index in [4.69, 9.17) is 4.74 Å². The molecule has 0 unspecified atom stereocenters. The fourth-order valence-electron chi connectivity index (χ4n) is 1.32. The number of ether oxygens (including phenoxy) is 2. The highest BCUT2D eigenvalue weighted by Gasteiger charge is 2.23. The summed E-state index contributed by atoms with van der Waals surface area (Å²) in [5, 5.41) is 1.21. The molecule has 0 radical (unpaired) electrons. The van der Waals surface area contributed by atoms with Crippen LogP contribution in [0.4, 0.5) is 4.79 Å². The van der Waals surface area contributed by atoms with E-state index in [9.17, 15) is 9.59 Å². The normalized spacial score (nSPS) is 10.9.